The van der Waals surface area contributed by atoms with Crippen LogP contribution in [-0.2, 0) is 6.42 Å². The third-order valence-corrected chi connectivity index (χ3v) is 6.49. The smallest absolute Gasteiger partial charge is 0.279 e. The van der Waals surface area contributed by atoms with Gasteiger partial charge < -0.3 is 5.32 Å². The highest BCUT2D eigenvalue weighted by atomic mass is 16.2. The van der Waals surface area contributed by atoms with E-state index in [-0.39, 0.29) is 17.5 Å². The fourth-order valence-corrected chi connectivity index (χ4v) is 4.83. The van der Waals surface area contributed by atoms with Crippen molar-refractivity contribution in [3.63, 3.8) is 0 Å². The van der Waals surface area contributed by atoms with Crippen LogP contribution in [0.1, 0.15) is 54.1 Å². The summed E-state index contributed by atoms with van der Waals surface area (Å²) in [6.07, 6.45) is 9.96. The molecular weight excluding hydrogens is 412 g/mol. The van der Waals surface area contributed by atoms with Crippen LogP contribution in [0.15, 0.2) is 77.9 Å². The number of benzene rings is 2. The van der Waals surface area contributed by atoms with E-state index in [1.807, 2.05) is 54.6 Å². The van der Waals surface area contributed by atoms with Crippen molar-refractivity contribution in [2.24, 2.45) is 0 Å². The summed E-state index contributed by atoms with van der Waals surface area (Å²) in [4.78, 5) is 30.5. The fourth-order valence-electron chi connectivity index (χ4n) is 4.83. The number of nitrogens with zero attached hydrogens (tertiary/aromatic N) is 3. The Labute approximate surface area is 192 Å². The number of hydrogen-bond acceptors (Lipinski definition) is 3. The fraction of sp³-hybridized carbons (Fsp3) is 0.296. The minimum atomic E-state index is -0.170. The highest BCUT2D eigenvalue weighted by Gasteiger charge is 2.24. The Hall–Kier alpha value is -3.67. The molecule has 1 fully saturated rings. The topological polar surface area (TPSA) is 68.9 Å². The molecule has 2 aromatic heterocycles. The van der Waals surface area contributed by atoms with Gasteiger partial charge in [0.2, 0.25) is 0 Å². The van der Waals surface area contributed by atoms with Crippen molar-refractivity contribution in [1.29, 1.82) is 0 Å². The van der Waals surface area contributed by atoms with Crippen molar-refractivity contribution in [2.45, 2.75) is 44.6 Å². The Kier molecular flexibility index (Phi) is 6.07. The molecular formula is C27H28N4O2. The van der Waals surface area contributed by atoms with E-state index in [0.29, 0.717) is 23.9 Å². The zero-order valence-corrected chi connectivity index (χ0v) is 18.6. The standard InChI is InChI=1S/C27H28N4O2/c32-26(29-17-15-20-8-7-16-28-19-20)21-13-14-25-24(18-21)27(33)31(23-11-5-2-6-12-23)30(25)22-9-3-1-4-10-22/h2,5-8,11-14,16,18-19,22H,1,3-4,9-10,15,17H2,(H,29,32). The van der Waals surface area contributed by atoms with E-state index >= 15 is 0 Å². The average Bonchev–Trinajstić information content (AvgIpc) is 3.17. The van der Waals surface area contributed by atoms with Crippen molar-refractivity contribution in [3.05, 3.63) is 94.5 Å². The van der Waals surface area contributed by atoms with Crippen molar-refractivity contribution in [3.8, 4) is 5.69 Å². The van der Waals surface area contributed by atoms with Gasteiger partial charge in [-0.15, -0.1) is 0 Å². The summed E-state index contributed by atoms with van der Waals surface area (Å²) in [6.45, 7) is 0.514. The molecule has 4 aromatic rings. The van der Waals surface area contributed by atoms with Gasteiger partial charge in [0.05, 0.1) is 22.6 Å². The van der Waals surface area contributed by atoms with Gasteiger partial charge in [0.1, 0.15) is 0 Å². The summed E-state index contributed by atoms with van der Waals surface area (Å²) in [5.74, 6) is -0.170. The first-order valence-corrected chi connectivity index (χ1v) is 11.7. The van der Waals surface area contributed by atoms with Crippen LogP contribution >= 0.6 is 0 Å². The van der Waals surface area contributed by atoms with Crippen molar-refractivity contribution in [1.82, 2.24) is 19.7 Å². The predicted octanol–water partition coefficient (Wildman–Crippen LogP) is 4.66. The summed E-state index contributed by atoms with van der Waals surface area (Å²) in [6, 6.07) is 19.5. The quantitative estimate of drug-likeness (QED) is 0.474. The molecule has 0 unspecified atom stereocenters. The first kappa shape index (κ1) is 21.2. The van der Waals surface area contributed by atoms with E-state index < -0.39 is 0 Å². The number of hydrogen-bond donors (Lipinski definition) is 1. The molecule has 33 heavy (non-hydrogen) atoms. The maximum atomic E-state index is 13.6. The molecule has 0 atom stereocenters. The van der Waals surface area contributed by atoms with Crippen LogP contribution in [0.4, 0.5) is 0 Å². The summed E-state index contributed by atoms with van der Waals surface area (Å²) >= 11 is 0. The number of amides is 1. The zero-order chi connectivity index (χ0) is 22.6. The van der Waals surface area contributed by atoms with E-state index in [9.17, 15) is 9.59 Å². The molecule has 6 nitrogen and oxygen atoms in total. The number of pyridine rings is 1. The van der Waals surface area contributed by atoms with Crippen LogP contribution in [0.5, 0.6) is 0 Å². The monoisotopic (exact) mass is 440 g/mol. The van der Waals surface area contributed by atoms with Crippen molar-refractivity contribution >= 4 is 16.8 Å². The SMILES string of the molecule is O=C(NCCc1cccnc1)c1ccc2c(c1)c(=O)n(-c1ccccc1)n2C1CCCCC1. The van der Waals surface area contributed by atoms with Crippen molar-refractivity contribution in [2.75, 3.05) is 6.54 Å². The first-order chi connectivity index (χ1) is 16.2. The van der Waals surface area contributed by atoms with Crippen LogP contribution < -0.4 is 10.9 Å². The van der Waals surface area contributed by atoms with E-state index in [0.717, 1.165) is 29.6 Å². The zero-order valence-electron chi connectivity index (χ0n) is 18.6. The Morgan fingerprint density at radius 1 is 1.00 bits per heavy atom. The lowest BCUT2D eigenvalue weighted by molar-refractivity contribution is 0.0954. The molecule has 1 aliphatic rings. The second kappa shape index (κ2) is 9.45. The third-order valence-electron chi connectivity index (χ3n) is 6.49. The second-order valence-corrected chi connectivity index (χ2v) is 8.69. The average molecular weight is 441 g/mol. The highest BCUT2D eigenvalue weighted by molar-refractivity contribution is 5.98. The largest absolute Gasteiger partial charge is 0.352 e. The molecule has 2 heterocycles. The van der Waals surface area contributed by atoms with E-state index in [2.05, 4.69) is 15.0 Å². The molecule has 0 aliphatic heterocycles. The minimum absolute atomic E-state index is 0.0771. The normalized spacial score (nSPS) is 14.4. The highest BCUT2D eigenvalue weighted by Crippen LogP contribution is 2.31. The van der Waals surface area contributed by atoms with Crippen LogP contribution in [0, 0.1) is 0 Å². The molecule has 168 valence electrons. The van der Waals surface area contributed by atoms with Gasteiger partial charge in [-0.2, -0.15) is 0 Å². The summed E-state index contributed by atoms with van der Waals surface area (Å²) < 4.78 is 3.96. The third kappa shape index (κ3) is 4.33. The molecule has 6 heteroatoms. The van der Waals surface area contributed by atoms with E-state index in [1.54, 1.807) is 23.1 Å². The molecule has 0 radical (unpaired) electrons. The van der Waals surface area contributed by atoms with Gasteiger partial charge in [0.25, 0.3) is 11.5 Å². The number of carbonyl (C=O) groups is 1. The van der Waals surface area contributed by atoms with Gasteiger partial charge in [-0.25, -0.2) is 4.68 Å². The predicted molar refractivity (Wildman–Crippen MR) is 130 cm³/mol. The number of fused-ring (bicyclic) bond motifs is 1. The molecule has 1 aliphatic carbocycles. The Morgan fingerprint density at radius 2 is 1.82 bits per heavy atom. The van der Waals surface area contributed by atoms with Gasteiger partial charge in [-0.3, -0.25) is 19.3 Å². The number of rotatable bonds is 6. The summed E-state index contributed by atoms with van der Waals surface area (Å²) in [5.41, 5.74) is 3.25. The van der Waals surface area contributed by atoms with Gasteiger partial charge in [-0.05, 0) is 61.2 Å². The van der Waals surface area contributed by atoms with Crippen LogP contribution in [0.3, 0.4) is 0 Å². The molecule has 0 spiro atoms. The minimum Gasteiger partial charge on any atom is -0.352 e. The Bertz CT molecular complexity index is 1300. The first-order valence-electron chi connectivity index (χ1n) is 11.7. The second-order valence-electron chi connectivity index (χ2n) is 8.69. The molecule has 1 amide bonds. The van der Waals surface area contributed by atoms with Gasteiger partial charge in [0.15, 0.2) is 0 Å². The van der Waals surface area contributed by atoms with E-state index in [4.69, 9.17) is 0 Å². The van der Waals surface area contributed by atoms with Gasteiger partial charge in [0, 0.05) is 24.5 Å². The van der Waals surface area contributed by atoms with Crippen LogP contribution in [-0.4, -0.2) is 26.8 Å². The Balaban J connectivity index is 1.48. The summed E-state index contributed by atoms with van der Waals surface area (Å²) in [7, 11) is 0. The summed E-state index contributed by atoms with van der Waals surface area (Å²) in [5, 5.41) is 3.55. The lowest BCUT2D eigenvalue weighted by atomic mass is 9.95. The Morgan fingerprint density at radius 3 is 2.58 bits per heavy atom. The number of para-hydroxylation sites is 1. The number of aromatic nitrogens is 3. The lowest BCUT2D eigenvalue weighted by Crippen LogP contribution is -2.26. The van der Waals surface area contributed by atoms with Crippen LogP contribution in [0.2, 0.25) is 0 Å². The lowest BCUT2D eigenvalue weighted by Gasteiger charge is -2.26. The molecule has 1 saturated carbocycles. The molecule has 2 aromatic carbocycles. The van der Waals surface area contributed by atoms with Crippen molar-refractivity contribution < 1.29 is 4.79 Å². The number of nitrogens with one attached hydrogen (secondary N) is 1. The number of carbonyl (C=O) groups excluding carboxylic acids is 1. The molecule has 0 bridgehead atoms. The molecule has 1 N–H and O–H groups in total. The maximum Gasteiger partial charge on any atom is 0.279 e. The van der Waals surface area contributed by atoms with Gasteiger partial charge >= 0.3 is 0 Å². The molecule has 0 saturated heterocycles. The molecule has 5 rings (SSSR count). The van der Waals surface area contributed by atoms with Gasteiger partial charge in [-0.1, -0.05) is 43.5 Å². The van der Waals surface area contributed by atoms with Crippen LogP contribution in [0.25, 0.3) is 16.6 Å². The maximum absolute atomic E-state index is 13.6. The van der Waals surface area contributed by atoms with E-state index in [1.165, 1.54) is 19.3 Å².